The minimum atomic E-state index is -0.936. The summed E-state index contributed by atoms with van der Waals surface area (Å²) in [6, 6.07) is 1.20. The second-order valence-electron chi connectivity index (χ2n) is 4.16. The molecule has 1 aromatic heterocycles. The van der Waals surface area contributed by atoms with Gasteiger partial charge in [0.25, 0.3) is 0 Å². The second kappa shape index (κ2) is 6.87. The summed E-state index contributed by atoms with van der Waals surface area (Å²) in [5.74, 6) is 0.250. The van der Waals surface area contributed by atoms with E-state index in [9.17, 15) is 13.6 Å². The average molecular weight is 322 g/mol. The van der Waals surface area contributed by atoms with Crippen molar-refractivity contribution in [3.63, 3.8) is 0 Å². The highest BCUT2D eigenvalue weighted by molar-refractivity contribution is 7.13. The minimum Gasteiger partial charge on any atom is -0.365 e. The number of benzene rings is 1. The van der Waals surface area contributed by atoms with Gasteiger partial charge in [-0.25, -0.2) is 18.6 Å². The van der Waals surface area contributed by atoms with Gasteiger partial charge in [-0.3, -0.25) is 0 Å². The third kappa shape index (κ3) is 3.71. The highest BCUT2D eigenvalue weighted by Crippen LogP contribution is 2.20. The molecule has 0 aliphatic carbocycles. The van der Waals surface area contributed by atoms with Gasteiger partial charge >= 0.3 is 6.03 Å². The maximum atomic E-state index is 13.7. The van der Waals surface area contributed by atoms with Crippen LogP contribution in [0.4, 0.5) is 24.4 Å². The second-order valence-corrected chi connectivity index (χ2v) is 5.02. The molecule has 3 N–H and O–H groups in total. The van der Waals surface area contributed by atoms with Gasteiger partial charge in [0, 0.05) is 18.0 Å². The number of halogens is 2. The van der Waals surface area contributed by atoms with Crippen molar-refractivity contribution in [3.8, 4) is 12.3 Å². The number of carbonyl (C=O) groups excluding carboxylic acids is 1. The predicted molar refractivity (Wildman–Crippen MR) is 81.8 cm³/mol. The summed E-state index contributed by atoms with van der Waals surface area (Å²) in [6.07, 6.45) is 5.07. The Morgan fingerprint density at radius 1 is 1.41 bits per heavy atom. The van der Waals surface area contributed by atoms with Crippen LogP contribution in [0, 0.1) is 24.0 Å². The Morgan fingerprint density at radius 3 is 2.64 bits per heavy atom. The molecular formula is C14H12F2N4OS. The first-order chi connectivity index (χ1) is 10.5. The molecule has 8 heteroatoms. The lowest BCUT2D eigenvalue weighted by atomic mass is 10.2. The Labute approximate surface area is 129 Å². The summed E-state index contributed by atoms with van der Waals surface area (Å²) in [4.78, 5) is 15.8. The van der Waals surface area contributed by atoms with Crippen LogP contribution in [0.1, 0.15) is 11.3 Å². The van der Waals surface area contributed by atoms with Crippen LogP contribution in [0.3, 0.4) is 0 Å². The van der Waals surface area contributed by atoms with Gasteiger partial charge in [0.05, 0.1) is 12.2 Å². The Hall–Kier alpha value is -2.66. The minimum absolute atomic E-state index is 0.0584. The molecular weight excluding hydrogens is 310 g/mol. The van der Waals surface area contributed by atoms with Crippen molar-refractivity contribution in [3.05, 3.63) is 40.4 Å². The number of carbonyl (C=O) groups is 1. The number of aromatic nitrogens is 1. The molecule has 1 heterocycles. The highest BCUT2D eigenvalue weighted by atomic mass is 32.1. The number of hydrogen-bond donors (Lipinski definition) is 3. The zero-order valence-electron chi connectivity index (χ0n) is 11.5. The van der Waals surface area contributed by atoms with E-state index in [1.165, 1.54) is 11.3 Å². The number of thiazole rings is 1. The summed E-state index contributed by atoms with van der Waals surface area (Å²) >= 11 is 1.38. The van der Waals surface area contributed by atoms with Gasteiger partial charge in [0.2, 0.25) is 0 Å². The van der Waals surface area contributed by atoms with Gasteiger partial charge in [0.15, 0.2) is 16.8 Å². The van der Waals surface area contributed by atoms with Crippen LogP contribution in [-0.4, -0.2) is 18.1 Å². The smallest absolute Gasteiger partial charge is 0.319 e. The molecule has 2 amide bonds. The first kappa shape index (κ1) is 15.7. The van der Waals surface area contributed by atoms with Gasteiger partial charge < -0.3 is 16.0 Å². The lowest BCUT2D eigenvalue weighted by molar-refractivity contribution is 0.251. The number of nitrogens with zero attached hydrogens (tertiary/aromatic N) is 1. The van der Waals surface area contributed by atoms with Gasteiger partial charge in [0.1, 0.15) is 5.69 Å². The van der Waals surface area contributed by atoms with E-state index in [-0.39, 0.29) is 12.1 Å². The fourth-order valence-electron chi connectivity index (χ4n) is 1.61. The Balaban J connectivity index is 1.99. The number of amides is 2. The van der Waals surface area contributed by atoms with Crippen molar-refractivity contribution in [1.82, 2.24) is 10.3 Å². The maximum Gasteiger partial charge on any atom is 0.319 e. The van der Waals surface area contributed by atoms with Crippen molar-refractivity contribution < 1.29 is 13.6 Å². The van der Waals surface area contributed by atoms with Crippen LogP contribution in [0.15, 0.2) is 17.5 Å². The first-order valence-corrected chi connectivity index (χ1v) is 7.04. The van der Waals surface area contributed by atoms with Crippen LogP contribution < -0.4 is 16.0 Å². The SMILES string of the molecule is C#Cc1cc(F)c(NC(=O)NCc2csc(NC)n2)c(F)c1. The largest absolute Gasteiger partial charge is 0.365 e. The fourth-order valence-corrected chi connectivity index (χ4v) is 2.28. The molecule has 0 aliphatic rings. The van der Waals surface area contributed by atoms with E-state index in [0.717, 1.165) is 12.1 Å². The zero-order valence-corrected chi connectivity index (χ0v) is 12.4. The highest BCUT2D eigenvalue weighted by Gasteiger charge is 2.13. The van der Waals surface area contributed by atoms with Crippen molar-refractivity contribution >= 4 is 28.2 Å². The van der Waals surface area contributed by atoms with E-state index >= 15 is 0 Å². The molecule has 5 nitrogen and oxygen atoms in total. The zero-order chi connectivity index (χ0) is 16.1. The third-order valence-electron chi connectivity index (χ3n) is 2.64. The Morgan fingerprint density at radius 2 is 2.09 bits per heavy atom. The monoisotopic (exact) mass is 322 g/mol. The number of urea groups is 1. The standard InChI is InChI=1S/C14H12F2N4OS/c1-3-8-4-10(15)12(11(16)5-8)20-13(21)18-6-9-7-22-14(17-2)19-9/h1,4-5,7H,6H2,2H3,(H,17,19)(H2,18,20,21). The number of rotatable bonds is 4. The van der Waals surface area contributed by atoms with Gasteiger partial charge in [-0.1, -0.05) is 5.92 Å². The van der Waals surface area contributed by atoms with Crippen molar-refractivity contribution in [1.29, 1.82) is 0 Å². The quantitative estimate of drug-likeness (QED) is 0.758. The number of nitrogens with one attached hydrogen (secondary N) is 3. The molecule has 2 rings (SSSR count). The Kier molecular flexibility index (Phi) is 4.91. The summed E-state index contributed by atoms with van der Waals surface area (Å²) < 4.78 is 27.3. The molecule has 0 unspecified atom stereocenters. The van der Waals surface area contributed by atoms with E-state index in [4.69, 9.17) is 6.42 Å². The topological polar surface area (TPSA) is 66.1 Å². The molecule has 0 radical (unpaired) electrons. The van der Waals surface area contributed by atoms with Crippen LogP contribution in [-0.2, 0) is 6.54 Å². The fraction of sp³-hybridized carbons (Fsp3) is 0.143. The summed E-state index contributed by atoms with van der Waals surface area (Å²) in [7, 11) is 1.73. The van der Waals surface area contributed by atoms with Gasteiger partial charge in [-0.15, -0.1) is 17.8 Å². The molecule has 2 aromatic rings. The summed E-state index contributed by atoms with van der Waals surface area (Å²) in [5, 5.41) is 9.90. The number of hydrogen-bond acceptors (Lipinski definition) is 4. The average Bonchev–Trinajstić information content (AvgIpc) is 2.96. The lowest BCUT2D eigenvalue weighted by Gasteiger charge is -2.09. The van der Waals surface area contributed by atoms with Crippen molar-refractivity contribution in [2.75, 3.05) is 17.7 Å². The molecule has 1 aromatic carbocycles. The number of terminal acetylenes is 1. The van der Waals surface area contributed by atoms with E-state index in [0.29, 0.717) is 10.8 Å². The molecule has 0 bridgehead atoms. The van der Waals surface area contributed by atoms with E-state index < -0.39 is 23.4 Å². The number of anilines is 2. The summed E-state index contributed by atoms with van der Waals surface area (Å²) in [6.45, 7) is 0.135. The normalized spacial score (nSPS) is 9.91. The Bertz CT molecular complexity index is 716. The molecule has 0 spiro atoms. The van der Waals surface area contributed by atoms with E-state index in [1.807, 2.05) is 0 Å². The molecule has 0 saturated heterocycles. The third-order valence-corrected chi connectivity index (χ3v) is 3.55. The van der Waals surface area contributed by atoms with Crippen molar-refractivity contribution in [2.45, 2.75) is 6.54 Å². The van der Waals surface area contributed by atoms with Crippen LogP contribution in [0.25, 0.3) is 0 Å². The van der Waals surface area contributed by atoms with E-state index in [1.54, 1.807) is 12.4 Å². The molecule has 0 atom stereocenters. The van der Waals surface area contributed by atoms with Crippen molar-refractivity contribution in [2.24, 2.45) is 0 Å². The lowest BCUT2D eigenvalue weighted by Crippen LogP contribution is -2.29. The molecule has 0 aliphatic heterocycles. The predicted octanol–water partition coefficient (Wildman–Crippen LogP) is 2.77. The van der Waals surface area contributed by atoms with Gasteiger partial charge in [-0.2, -0.15) is 0 Å². The van der Waals surface area contributed by atoms with Gasteiger partial charge in [-0.05, 0) is 12.1 Å². The van der Waals surface area contributed by atoms with Crippen LogP contribution in [0.2, 0.25) is 0 Å². The van der Waals surface area contributed by atoms with E-state index in [2.05, 4.69) is 26.9 Å². The molecule has 114 valence electrons. The molecule has 22 heavy (non-hydrogen) atoms. The van der Waals surface area contributed by atoms with Crippen LogP contribution in [0.5, 0.6) is 0 Å². The molecule has 0 fully saturated rings. The van der Waals surface area contributed by atoms with Crippen LogP contribution >= 0.6 is 11.3 Å². The first-order valence-electron chi connectivity index (χ1n) is 6.16. The summed E-state index contributed by atoms with van der Waals surface area (Å²) in [5.41, 5.74) is 0.141. The molecule has 0 saturated carbocycles. The maximum absolute atomic E-state index is 13.7.